The molecule has 0 bridgehead atoms. The molecular formula is C9H10BrNS2. The molecule has 0 heterocycles. The number of nitrogens with one attached hydrogen (secondary N) is 1. The first kappa shape index (κ1) is 11.1. The van der Waals surface area contributed by atoms with Gasteiger partial charge in [-0.25, -0.2) is 0 Å². The fourth-order valence-electron chi connectivity index (χ4n) is 0.973. The third-order valence-corrected chi connectivity index (χ3v) is 4.54. The molecule has 1 aromatic rings. The second-order valence-electron chi connectivity index (χ2n) is 2.38. The highest BCUT2D eigenvalue weighted by molar-refractivity contribution is 9.10. The van der Waals surface area contributed by atoms with Gasteiger partial charge in [0.2, 0.25) is 0 Å². The van der Waals surface area contributed by atoms with Gasteiger partial charge in [-0.05, 0) is 46.1 Å². The summed E-state index contributed by atoms with van der Waals surface area (Å²) >= 11 is 6.93. The van der Waals surface area contributed by atoms with Crippen molar-refractivity contribution in [2.75, 3.05) is 12.5 Å². The zero-order valence-corrected chi connectivity index (χ0v) is 10.6. The molecule has 1 N–H and O–H groups in total. The van der Waals surface area contributed by atoms with E-state index >= 15 is 0 Å². The van der Waals surface area contributed by atoms with Crippen LogP contribution in [0.1, 0.15) is 5.56 Å². The van der Waals surface area contributed by atoms with Gasteiger partial charge in [-0.3, -0.25) is 0 Å². The zero-order valence-electron chi connectivity index (χ0n) is 7.43. The normalized spacial score (nSPS) is 10.1. The van der Waals surface area contributed by atoms with Crippen LogP contribution >= 0.6 is 39.5 Å². The highest BCUT2D eigenvalue weighted by Crippen LogP contribution is 2.34. The lowest BCUT2D eigenvalue weighted by Gasteiger charge is -2.07. The van der Waals surface area contributed by atoms with Gasteiger partial charge in [0.1, 0.15) is 0 Å². The number of halogens is 1. The van der Waals surface area contributed by atoms with E-state index in [1.165, 1.54) is 16.0 Å². The van der Waals surface area contributed by atoms with Gasteiger partial charge in [-0.1, -0.05) is 0 Å². The monoisotopic (exact) mass is 275 g/mol. The molecule has 0 amide bonds. The van der Waals surface area contributed by atoms with Crippen molar-refractivity contribution in [3.05, 3.63) is 22.2 Å². The summed E-state index contributed by atoms with van der Waals surface area (Å²) in [6.45, 7) is 0. The van der Waals surface area contributed by atoms with Crippen LogP contribution in [0.3, 0.4) is 0 Å². The molecule has 0 atom stereocenters. The van der Waals surface area contributed by atoms with Crippen molar-refractivity contribution >= 4 is 45.7 Å². The second-order valence-corrected chi connectivity index (χ2v) is 4.87. The molecule has 0 aliphatic heterocycles. The fourth-order valence-corrected chi connectivity index (χ4v) is 3.32. The molecule has 0 spiro atoms. The smallest absolute Gasteiger partial charge is 0.0447 e. The second kappa shape index (κ2) is 5.08. The molecular weight excluding hydrogens is 266 g/mol. The van der Waals surface area contributed by atoms with Gasteiger partial charge in [0.25, 0.3) is 0 Å². The minimum absolute atomic E-state index is 0.955. The van der Waals surface area contributed by atoms with E-state index in [0.717, 1.165) is 10.0 Å². The van der Waals surface area contributed by atoms with Gasteiger partial charge in [-0.15, -0.1) is 23.5 Å². The summed E-state index contributed by atoms with van der Waals surface area (Å²) in [5, 5.41) is 7.20. The van der Waals surface area contributed by atoms with Crippen molar-refractivity contribution < 1.29 is 0 Å². The number of hydrogen-bond donors (Lipinski definition) is 1. The lowest BCUT2D eigenvalue weighted by molar-refractivity contribution is 1.27. The predicted molar refractivity (Wildman–Crippen MR) is 65.6 cm³/mol. The van der Waals surface area contributed by atoms with E-state index in [2.05, 4.69) is 15.9 Å². The topological polar surface area (TPSA) is 23.9 Å². The molecule has 0 aliphatic rings. The van der Waals surface area contributed by atoms with Crippen LogP contribution in [0.2, 0.25) is 0 Å². The Hall–Kier alpha value is 0.0700. The molecule has 0 unspecified atom stereocenters. The van der Waals surface area contributed by atoms with Crippen LogP contribution in [-0.2, 0) is 0 Å². The molecule has 0 aromatic heterocycles. The molecule has 1 aromatic carbocycles. The summed E-state index contributed by atoms with van der Waals surface area (Å²) in [5.41, 5.74) is 0.955. The van der Waals surface area contributed by atoms with Crippen LogP contribution in [-0.4, -0.2) is 18.7 Å². The van der Waals surface area contributed by atoms with Crippen molar-refractivity contribution in [3.63, 3.8) is 0 Å². The van der Waals surface area contributed by atoms with Crippen LogP contribution in [0.5, 0.6) is 0 Å². The van der Waals surface area contributed by atoms with Gasteiger partial charge in [0.05, 0.1) is 0 Å². The van der Waals surface area contributed by atoms with Gasteiger partial charge >= 0.3 is 0 Å². The minimum Gasteiger partial charge on any atom is -0.308 e. The Morgan fingerprint density at radius 1 is 1.23 bits per heavy atom. The van der Waals surface area contributed by atoms with Crippen LogP contribution in [0.25, 0.3) is 0 Å². The molecule has 70 valence electrons. The SMILES string of the molecule is CSc1cc(C=N)cc(SC)c1Br. The Kier molecular flexibility index (Phi) is 4.35. The van der Waals surface area contributed by atoms with Gasteiger partial charge in [0.15, 0.2) is 0 Å². The molecule has 0 saturated carbocycles. The van der Waals surface area contributed by atoms with Crippen LogP contribution in [0.15, 0.2) is 26.4 Å². The highest BCUT2D eigenvalue weighted by atomic mass is 79.9. The summed E-state index contributed by atoms with van der Waals surface area (Å²) in [6.07, 6.45) is 5.46. The predicted octanol–water partition coefficient (Wildman–Crippen LogP) is 3.89. The van der Waals surface area contributed by atoms with Crippen molar-refractivity contribution in [1.29, 1.82) is 5.41 Å². The van der Waals surface area contributed by atoms with E-state index in [1.54, 1.807) is 23.5 Å². The number of rotatable bonds is 3. The lowest BCUT2D eigenvalue weighted by Crippen LogP contribution is -1.85. The van der Waals surface area contributed by atoms with Gasteiger partial charge in [0, 0.05) is 20.5 Å². The molecule has 0 saturated heterocycles. The average Bonchev–Trinajstić information content (AvgIpc) is 2.18. The van der Waals surface area contributed by atoms with E-state index in [1.807, 2.05) is 24.6 Å². The summed E-state index contributed by atoms with van der Waals surface area (Å²) in [4.78, 5) is 2.37. The highest BCUT2D eigenvalue weighted by Gasteiger charge is 2.05. The summed E-state index contributed by atoms with van der Waals surface area (Å²) in [5.74, 6) is 0. The number of benzene rings is 1. The average molecular weight is 276 g/mol. The fraction of sp³-hybridized carbons (Fsp3) is 0.222. The minimum atomic E-state index is 0.955. The number of thioether (sulfide) groups is 2. The maximum absolute atomic E-state index is 7.20. The Bertz CT molecular complexity index is 300. The van der Waals surface area contributed by atoms with Crippen molar-refractivity contribution in [2.45, 2.75) is 9.79 Å². The first-order valence-electron chi connectivity index (χ1n) is 3.65. The van der Waals surface area contributed by atoms with E-state index in [0.29, 0.717) is 0 Å². The van der Waals surface area contributed by atoms with Gasteiger partial charge in [-0.2, -0.15) is 0 Å². The maximum atomic E-state index is 7.20. The Morgan fingerprint density at radius 3 is 2.00 bits per heavy atom. The molecule has 13 heavy (non-hydrogen) atoms. The third-order valence-electron chi connectivity index (χ3n) is 1.63. The van der Waals surface area contributed by atoms with Crippen molar-refractivity contribution in [1.82, 2.24) is 0 Å². The molecule has 0 radical (unpaired) electrons. The van der Waals surface area contributed by atoms with Crippen LogP contribution in [0, 0.1) is 5.41 Å². The van der Waals surface area contributed by atoms with Gasteiger partial charge < -0.3 is 5.41 Å². The largest absolute Gasteiger partial charge is 0.308 e. The summed E-state index contributed by atoms with van der Waals surface area (Å²) in [6, 6.07) is 4.03. The van der Waals surface area contributed by atoms with Crippen molar-refractivity contribution in [3.8, 4) is 0 Å². The van der Waals surface area contributed by atoms with E-state index < -0.39 is 0 Å². The van der Waals surface area contributed by atoms with Crippen molar-refractivity contribution in [2.24, 2.45) is 0 Å². The molecule has 4 heteroatoms. The molecule has 1 nitrogen and oxygen atoms in total. The van der Waals surface area contributed by atoms with E-state index in [-0.39, 0.29) is 0 Å². The molecule has 0 fully saturated rings. The molecule has 1 rings (SSSR count). The third kappa shape index (κ3) is 2.51. The van der Waals surface area contributed by atoms with E-state index in [9.17, 15) is 0 Å². The Balaban J connectivity index is 3.28. The van der Waals surface area contributed by atoms with Crippen LogP contribution in [0.4, 0.5) is 0 Å². The standard InChI is InChI=1S/C9H10BrNS2/c1-12-7-3-6(5-11)4-8(13-2)9(7)10/h3-5,11H,1-2H3. The zero-order chi connectivity index (χ0) is 9.84. The van der Waals surface area contributed by atoms with E-state index in [4.69, 9.17) is 5.41 Å². The quantitative estimate of drug-likeness (QED) is 0.669. The Morgan fingerprint density at radius 2 is 1.69 bits per heavy atom. The number of hydrogen-bond acceptors (Lipinski definition) is 3. The first-order valence-corrected chi connectivity index (χ1v) is 6.89. The summed E-state index contributed by atoms with van der Waals surface area (Å²) < 4.78 is 1.14. The van der Waals surface area contributed by atoms with Crippen LogP contribution < -0.4 is 0 Å². The Labute approximate surface area is 95.3 Å². The molecule has 0 aliphatic carbocycles. The maximum Gasteiger partial charge on any atom is 0.0447 e. The summed E-state index contributed by atoms with van der Waals surface area (Å²) in [7, 11) is 0. The first-order chi connectivity index (χ1) is 6.22. The lowest BCUT2D eigenvalue weighted by atomic mass is 10.2.